The first-order valence-electron chi connectivity index (χ1n) is 7.11. The van der Waals surface area contributed by atoms with Gasteiger partial charge in [0.25, 0.3) is 0 Å². The maximum atomic E-state index is 13.0. The Kier molecular flexibility index (Phi) is 4.49. The van der Waals surface area contributed by atoms with Crippen LogP contribution in [-0.4, -0.2) is 40.6 Å². The number of hydrogen-bond acceptors (Lipinski definition) is 4. The molecule has 0 aliphatic carbocycles. The summed E-state index contributed by atoms with van der Waals surface area (Å²) in [5, 5.41) is 12.7. The van der Waals surface area contributed by atoms with Crippen molar-refractivity contribution in [1.29, 1.82) is 0 Å². The number of nitrogens with two attached hydrogens (primary N) is 1. The van der Waals surface area contributed by atoms with Gasteiger partial charge in [0, 0.05) is 13.1 Å². The lowest BCUT2D eigenvalue weighted by molar-refractivity contribution is -0.122. The van der Waals surface area contributed by atoms with Gasteiger partial charge >= 0.3 is 0 Å². The molecule has 0 bridgehead atoms. The summed E-state index contributed by atoms with van der Waals surface area (Å²) >= 11 is 0. The van der Waals surface area contributed by atoms with Gasteiger partial charge in [0.2, 0.25) is 5.91 Å². The number of carbonyl (C=O) groups is 1. The van der Waals surface area contributed by atoms with Gasteiger partial charge in [-0.25, -0.2) is 4.39 Å². The third-order valence-corrected chi connectivity index (χ3v) is 4.07. The van der Waals surface area contributed by atoms with E-state index in [0.29, 0.717) is 31.6 Å². The first-order valence-corrected chi connectivity index (χ1v) is 7.11. The highest BCUT2D eigenvalue weighted by Gasteiger charge is 2.31. The largest absolute Gasteiger partial charge is 0.397 e. The number of likely N-dealkylation sites (tertiary alicyclic amines) is 1. The van der Waals surface area contributed by atoms with Crippen LogP contribution in [0.1, 0.15) is 26.7 Å². The van der Waals surface area contributed by atoms with Crippen molar-refractivity contribution in [3.63, 3.8) is 0 Å². The molecule has 0 spiro atoms. The van der Waals surface area contributed by atoms with Crippen LogP contribution in [0, 0.1) is 5.82 Å². The molecular weight excluding hydrogens is 273 g/mol. The van der Waals surface area contributed by atoms with Crippen molar-refractivity contribution in [2.45, 2.75) is 38.3 Å². The summed E-state index contributed by atoms with van der Waals surface area (Å²) in [6.45, 7) is 4.96. The quantitative estimate of drug-likeness (QED) is 0.740. The fraction of sp³-hybridized carbons (Fsp3) is 0.533. The van der Waals surface area contributed by atoms with Gasteiger partial charge in [0.05, 0.1) is 23.0 Å². The molecule has 0 radical (unpaired) electrons. The monoisotopic (exact) mass is 295 g/mol. The Balaban J connectivity index is 1.97. The van der Waals surface area contributed by atoms with Crippen LogP contribution in [0.5, 0.6) is 0 Å². The second-order valence-electron chi connectivity index (χ2n) is 5.93. The Hall–Kier alpha value is -1.66. The van der Waals surface area contributed by atoms with E-state index in [4.69, 9.17) is 5.73 Å². The molecule has 116 valence electrons. The molecule has 1 aromatic carbocycles. The van der Waals surface area contributed by atoms with Crippen LogP contribution in [0.2, 0.25) is 0 Å². The van der Waals surface area contributed by atoms with E-state index in [1.54, 1.807) is 0 Å². The molecule has 2 rings (SSSR count). The van der Waals surface area contributed by atoms with Crippen LogP contribution in [0.3, 0.4) is 0 Å². The van der Waals surface area contributed by atoms with E-state index in [9.17, 15) is 14.3 Å². The Morgan fingerprint density at radius 2 is 2.10 bits per heavy atom. The molecular formula is C15H22FN3O2. The number of carbonyl (C=O) groups excluding carboxylic acids is 1. The van der Waals surface area contributed by atoms with Crippen LogP contribution >= 0.6 is 0 Å². The van der Waals surface area contributed by atoms with Crippen LogP contribution in [-0.2, 0) is 4.79 Å². The van der Waals surface area contributed by atoms with Gasteiger partial charge in [0.15, 0.2) is 0 Å². The normalized spacial score (nSPS) is 20.0. The predicted octanol–water partition coefficient (Wildman–Crippen LogP) is 1.58. The number of nitrogen functional groups attached to an aromatic ring is 1. The first kappa shape index (κ1) is 15.7. The molecule has 1 heterocycles. The van der Waals surface area contributed by atoms with Gasteiger partial charge in [-0.2, -0.15) is 0 Å². The molecule has 1 aliphatic rings. The minimum absolute atomic E-state index is 0.185. The van der Waals surface area contributed by atoms with Gasteiger partial charge in [-0.15, -0.1) is 0 Å². The zero-order valence-electron chi connectivity index (χ0n) is 12.4. The smallest absolute Gasteiger partial charge is 0.241 e. The third kappa shape index (κ3) is 3.92. The van der Waals surface area contributed by atoms with E-state index in [0.717, 1.165) is 0 Å². The molecule has 0 aromatic heterocycles. The Morgan fingerprint density at radius 3 is 2.67 bits per heavy atom. The predicted molar refractivity (Wildman–Crippen MR) is 80.3 cm³/mol. The summed E-state index contributed by atoms with van der Waals surface area (Å²) in [5.74, 6) is -0.619. The SMILES string of the molecule is CC(C(=O)Nc1ccc(F)cc1N)N1CCC(C)(O)CC1. The highest BCUT2D eigenvalue weighted by Crippen LogP contribution is 2.24. The number of nitrogens with zero attached hydrogens (tertiary/aromatic N) is 1. The van der Waals surface area contributed by atoms with Crippen molar-refractivity contribution >= 4 is 17.3 Å². The molecule has 1 saturated heterocycles. The van der Waals surface area contributed by atoms with E-state index in [1.165, 1.54) is 18.2 Å². The first-order chi connectivity index (χ1) is 9.78. The summed E-state index contributed by atoms with van der Waals surface area (Å²) < 4.78 is 13.0. The number of halogens is 1. The van der Waals surface area contributed by atoms with Crippen LogP contribution in [0.15, 0.2) is 18.2 Å². The van der Waals surface area contributed by atoms with Gasteiger partial charge in [-0.1, -0.05) is 0 Å². The van der Waals surface area contributed by atoms with Crippen molar-refractivity contribution in [3.05, 3.63) is 24.0 Å². The molecule has 1 unspecified atom stereocenters. The second kappa shape index (κ2) is 5.99. The summed E-state index contributed by atoms with van der Waals surface area (Å²) in [6, 6.07) is 3.56. The van der Waals surface area contributed by atoms with Gasteiger partial charge in [0.1, 0.15) is 5.82 Å². The van der Waals surface area contributed by atoms with Crippen molar-refractivity contribution in [3.8, 4) is 0 Å². The lowest BCUT2D eigenvalue weighted by atomic mass is 9.93. The Labute approximate surface area is 123 Å². The molecule has 6 heteroatoms. The van der Waals surface area contributed by atoms with Crippen LogP contribution < -0.4 is 11.1 Å². The summed E-state index contributed by atoms with van der Waals surface area (Å²) in [6.07, 6.45) is 1.28. The number of piperidine rings is 1. The van der Waals surface area contributed by atoms with Gasteiger partial charge in [-0.3, -0.25) is 9.69 Å². The van der Waals surface area contributed by atoms with Gasteiger partial charge < -0.3 is 16.2 Å². The molecule has 1 fully saturated rings. The molecule has 4 N–H and O–H groups in total. The van der Waals surface area contributed by atoms with Crippen molar-refractivity contribution in [2.24, 2.45) is 0 Å². The van der Waals surface area contributed by atoms with Gasteiger partial charge in [-0.05, 0) is 44.9 Å². The number of nitrogens with one attached hydrogen (secondary N) is 1. The lowest BCUT2D eigenvalue weighted by Gasteiger charge is -2.38. The minimum Gasteiger partial charge on any atom is -0.397 e. The van der Waals surface area contributed by atoms with Crippen LogP contribution in [0.4, 0.5) is 15.8 Å². The van der Waals surface area contributed by atoms with E-state index in [-0.39, 0.29) is 17.6 Å². The number of amides is 1. The van der Waals surface area contributed by atoms with E-state index >= 15 is 0 Å². The molecule has 1 aromatic rings. The Morgan fingerprint density at radius 1 is 1.48 bits per heavy atom. The highest BCUT2D eigenvalue weighted by molar-refractivity contribution is 5.97. The van der Waals surface area contributed by atoms with Crippen molar-refractivity contribution < 1.29 is 14.3 Å². The number of rotatable bonds is 3. The number of aliphatic hydroxyl groups is 1. The van der Waals surface area contributed by atoms with E-state index in [1.807, 2.05) is 18.7 Å². The third-order valence-electron chi connectivity index (χ3n) is 4.07. The average Bonchev–Trinajstić information content (AvgIpc) is 2.41. The molecule has 5 nitrogen and oxygen atoms in total. The zero-order chi connectivity index (χ0) is 15.6. The summed E-state index contributed by atoms with van der Waals surface area (Å²) in [7, 11) is 0. The second-order valence-corrected chi connectivity index (χ2v) is 5.93. The average molecular weight is 295 g/mol. The number of benzene rings is 1. The maximum Gasteiger partial charge on any atom is 0.241 e. The number of anilines is 2. The van der Waals surface area contributed by atoms with E-state index in [2.05, 4.69) is 5.32 Å². The maximum absolute atomic E-state index is 13.0. The summed E-state index contributed by atoms with van der Waals surface area (Å²) in [5.41, 5.74) is 5.66. The topological polar surface area (TPSA) is 78.6 Å². The molecule has 1 aliphatic heterocycles. The zero-order valence-corrected chi connectivity index (χ0v) is 12.4. The van der Waals surface area contributed by atoms with Crippen molar-refractivity contribution in [1.82, 2.24) is 4.90 Å². The Bertz CT molecular complexity index is 524. The fourth-order valence-electron chi connectivity index (χ4n) is 2.44. The standard InChI is InChI=1S/C15H22FN3O2/c1-10(19-7-5-15(2,21)6-8-19)14(20)18-13-4-3-11(16)9-12(13)17/h3-4,9-10,21H,5-8,17H2,1-2H3,(H,18,20). The van der Waals surface area contributed by atoms with E-state index < -0.39 is 11.4 Å². The number of hydrogen-bond donors (Lipinski definition) is 3. The van der Waals surface area contributed by atoms with Crippen LogP contribution in [0.25, 0.3) is 0 Å². The lowest BCUT2D eigenvalue weighted by Crippen LogP contribution is -2.50. The molecule has 1 atom stereocenters. The molecule has 0 saturated carbocycles. The molecule has 1 amide bonds. The minimum atomic E-state index is -0.645. The van der Waals surface area contributed by atoms with Crippen molar-refractivity contribution in [2.75, 3.05) is 24.1 Å². The fourth-order valence-corrected chi connectivity index (χ4v) is 2.44. The summed E-state index contributed by atoms with van der Waals surface area (Å²) in [4.78, 5) is 14.3. The highest BCUT2D eigenvalue weighted by atomic mass is 19.1. The molecule has 21 heavy (non-hydrogen) atoms.